The summed E-state index contributed by atoms with van der Waals surface area (Å²) in [6, 6.07) is 6.09. The molecule has 0 aliphatic rings. The summed E-state index contributed by atoms with van der Waals surface area (Å²) in [6.45, 7) is 5.31. The molecule has 1 aromatic rings. The molecule has 0 aliphatic heterocycles. The van der Waals surface area contributed by atoms with Crippen molar-refractivity contribution in [1.29, 1.82) is 0 Å². The SMILES string of the molecule is CCCC(C)N(C)Cc1ccc(O)c(OC)c1. The highest BCUT2D eigenvalue weighted by Crippen LogP contribution is 2.26. The molecule has 1 unspecified atom stereocenters. The van der Waals surface area contributed by atoms with Gasteiger partial charge in [0.15, 0.2) is 11.5 Å². The highest BCUT2D eigenvalue weighted by molar-refractivity contribution is 5.41. The first-order valence-electron chi connectivity index (χ1n) is 6.14. The van der Waals surface area contributed by atoms with Crippen LogP contribution < -0.4 is 4.74 Å². The fourth-order valence-corrected chi connectivity index (χ4v) is 1.90. The van der Waals surface area contributed by atoms with Crippen molar-refractivity contribution in [2.24, 2.45) is 0 Å². The Labute approximate surface area is 104 Å². The summed E-state index contributed by atoms with van der Waals surface area (Å²) in [5, 5.41) is 9.52. The zero-order valence-corrected chi connectivity index (χ0v) is 11.2. The molecular weight excluding hydrogens is 214 g/mol. The van der Waals surface area contributed by atoms with Gasteiger partial charge in [0, 0.05) is 12.6 Å². The zero-order valence-electron chi connectivity index (χ0n) is 11.2. The molecule has 0 amide bonds. The Hall–Kier alpha value is -1.22. The second kappa shape index (κ2) is 6.50. The first kappa shape index (κ1) is 13.8. The molecule has 0 saturated carbocycles. The molecule has 1 N–H and O–H groups in total. The van der Waals surface area contributed by atoms with E-state index in [1.54, 1.807) is 13.2 Å². The minimum absolute atomic E-state index is 0.195. The van der Waals surface area contributed by atoms with E-state index in [9.17, 15) is 5.11 Å². The van der Waals surface area contributed by atoms with Crippen molar-refractivity contribution >= 4 is 0 Å². The van der Waals surface area contributed by atoms with E-state index in [0.29, 0.717) is 11.8 Å². The van der Waals surface area contributed by atoms with Gasteiger partial charge in [-0.3, -0.25) is 4.90 Å². The molecule has 0 saturated heterocycles. The van der Waals surface area contributed by atoms with Gasteiger partial charge in [0.25, 0.3) is 0 Å². The third kappa shape index (κ3) is 3.93. The summed E-state index contributed by atoms with van der Waals surface area (Å²) in [7, 11) is 3.70. The fourth-order valence-electron chi connectivity index (χ4n) is 1.90. The Bertz CT molecular complexity index is 352. The van der Waals surface area contributed by atoms with Gasteiger partial charge in [-0.2, -0.15) is 0 Å². The highest BCUT2D eigenvalue weighted by atomic mass is 16.5. The summed E-state index contributed by atoms with van der Waals surface area (Å²) in [5.41, 5.74) is 1.16. The normalized spacial score (nSPS) is 12.8. The number of hydrogen-bond donors (Lipinski definition) is 1. The molecule has 1 aromatic carbocycles. The zero-order chi connectivity index (χ0) is 12.8. The Morgan fingerprint density at radius 1 is 1.41 bits per heavy atom. The van der Waals surface area contributed by atoms with Crippen LogP contribution in [0, 0.1) is 0 Å². The van der Waals surface area contributed by atoms with Crippen LogP contribution in [0.3, 0.4) is 0 Å². The monoisotopic (exact) mass is 237 g/mol. The van der Waals surface area contributed by atoms with Gasteiger partial charge >= 0.3 is 0 Å². The van der Waals surface area contributed by atoms with Crippen LogP contribution in [0.2, 0.25) is 0 Å². The van der Waals surface area contributed by atoms with Crippen molar-refractivity contribution < 1.29 is 9.84 Å². The van der Waals surface area contributed by atoms with Crippen LogP contribution in [0.15, 0.2) is 18.2 Å². The van der Waals surface area contributed by atoms with Crippen LogP contribution in [0.4, 0.5) is 0 Å². The number of nitrogens with zero attached hydrogens (tertiary/aromatic N) is 1. The van der Waals surface area contributed by atoms with E-state index in [0.717, 1.165) is 12.1 Å². The molecule has 17 heavy (non-hydrogen) atoms. The number of ether oxygens (including phenoxy) is 1. The third-order valence-corrected chi connectivity index (χ3v) is 3.14. The Morgan fingerprint density at radius 2 is 2.12 bits per heavy atom. The fraction of sp³-hybridized carbons (Fsp3) is 0.571. The largest absolute Gasteiger partial charge is 0.504 e. The summed E-state index contributed by atoms with van der Waals surface area (Å²) in [4.78, 5) is 2.31. The predicted molar refractivity (Wildman–Crippen MR) is 70.5 cm³/mol. The van der Waals surface area contributed by atoms with Crippen molar-refractivity contribution in [1.82, 2.24) is 4.90 Å². The maximum absolute atomic E-state index is 9.52. The van der Waals surface area contributed by atoms with E-state index in [1.165, 1.54) is 12.8 Å². The van der Waals surface area contributed by atoms with Gasteiger partial charge in [-0.05, 0) is 38.1 Å². The number of benzene rings is 1. The van der Waals surface area contributed by atoms with Gasteiger partial charge in [0.05, 0.1) is 7.11 Å². The molecule has 3 heteroatoms. The quantitative estimate of drug-likeness (QED) is 0.825. The van der Waals surface area contributed by atoms with Crippen LogP contribution in [-0.2, 0) is 6.54 Å². The summed E-state index contributed by atoms with van der Waals surface area (Å²) >= 11 is 0. The van der Waals surface area contributed by atoms with Crippen molar-refractivity contribution in [3.05, 3.63) is 23.8 Å². The molecule has 96 valence electrons. The van der Waals surface area contributed by atoms with E-state index in [2.05, 4.69) is 25.8 Å². The van der Waals surface area contributed by atoms with Crippen LogP contribution >= 0.6 is 0 Å². The van der Waals surface area contributed by atoms with Crippen molar-refractivity contribution in [3.63, 3.8) is 0 Å². The average Bonchev–Trinajstić information content (AvgIpc) is 2.31. The number of rotatable bonds is 6. The molecule has 0 spiro atoms. The van der Waals surface area contributed by atoms with E-state index in [1.807, 2.05) is 12.1 Å². The van der Waals surface area contributed by atoms with E-state index in [4.69, 9.17) is 4.74 Å². The first-order chi connectivity index (χ1) is 8.08. The highest BCUT2D eigenvalue weighted by Gasteiger charge is 2.10. The second-order valence-corrected chi connectivity index (χ2v) is 4.56. The van der Waals surface area contributed by atoms with Crippen LogP contribution in [0.25, 0.3) is 0 Å². The lowest BCUT2D eigenvalue weighted by molar-refractivity contribution is 0.236. The van der Waals surface area contributed by atoms with E-state index in [-0.39, 0.29) is 5.75 Å². The van der Waals surface area contributed by atoms with Gasteiger partial charge in [0.2, 0.25) is 0 Å². The molecule has 0 bridgehead atoms. The Kier molecular flexibility index (Phi) is 5.29. The lowest BCUT2D eigenvalue weighted by atomic mass is 10.1. The Balaban J connectivity index is 2.68. The van der Waals surface area contributed by atoms with Crippen LogP contribution in [0.5, 0.6) is 11.5 Å². The molecule has 3 nitrogen and oxygen atoms in total. The minimum atomic E-state index is 0.195. The number of aromatic hydroxyl groups is 1. The molecule has 0 fully saturated rings. The first-order valence-corrected chi connectivity index (χ1v) is 6.14. The molecule has 1 atom stereocenters. The van der Waals surface area contributed by atoms with Crippen LogP contribution in [0.1, 0.15) is 32.3 Å². The maximum Gasteiger partial charge on any atom is 0.160 e. The average molecular weight is 237 g/mol. The lowest BCUT2D eigenvalue weighted by Crippen LogP contribution is -2.28. The number of phenols is 1. The van der Waals surface area contributed by atoms with Gasteiger partial charge in [-0.15, -0.1) is 0 Å². The lowest BCUT2D eigenvalue weighted by Gasteiger charge is -2.24. The van der Waals surface area contributed by atoms with E-state index >= 15 is 0 Å². The topological polar surface area (TPSA) is 32.7 Å². The standard InChI is InChI=1S/C14H23NO2/c1-5-6-11(2)15(3)10-12-7-8-13(16)14(9-12)17-4/h7-9,11,16H,5-6,10H2,1-4H3. The number of methoxy groups -OCH3 is 1. The van der Waals surface area contributed by atoms with Crippen molar-refractivity contribution in [3.8, 4) is 11.5 Å². The van der Waals surface area contributed by atoms with Crippen molar-refractivity contribution in [2.75, 3.05) is 14.2 Å². The maximum atomic E-state index is 9.52. The smallest absolute Gasteiger partial charge is 0.160 e. The Morgan fingerprint density at radius 3 is 2.71 bits per heavy atom. The molecule has 0 aromatic heterocycles. The molecule has 0 radical (unpaired) electrons. The molecular formula is C14H23NO2. The second-order valence-electron chi connectivity index (χ2n) is 4.56. The molecule has 1 rings (SSSR count). The summed E-state index contributed by atoms with van der Waals surface area (Å²) < 4.78 is 5.11. The molecule has 0 heterocycles. The minimum Gasteiger partial charge on any atom is -0.504 e. The van der Waals surface area contributed by atoms with Gasteiger partial charge in [0.1, 0.15) is 0 Å². The third-order valence-electron chi connectivity index (χ3n) is 3.14. The predicted octanol–water partition coefficient (Wildman–Crippen LogP) is 3.02. The number of hydrogen-bond acceptors (Lipinski definition) is 3. The van der Waals surface area contributed by atoms with Crippen LogP contribution in [-0.4, -0.2) is 30.2 Å². The van der Waals surface area contributed by atoms with Crippen molar-refractivity contribution in [2.45, 2.75) is 39.3 Å². The van der Waals surface area contributed by atoms with Gasteiger partial charge in [-0.1, -0.05) is 19.4 Å². The van der Waals surface area contributed by atoms with Gasteiger partial charge < -0.3 is 9.84 Å². The summed E-state index contributed by atoms with van der Waals surface area (Å²) in [5.74, 6) is 0.736. The van der Waals surface area contributed by atoms with Gasteiger partial charge in [-0.25, -0.2) is 0 Å². The summed E-state index contributed by atoms with van der Waals surface area (Å²) in [6.07, 6.45) is 2.40. The molecule has 0 aliphatic carbocycles. The van der Waals surface area contributed by atoms with E-state index < -0.39 is 0 Å². The number of phenolic OH excluding ortho intramolecular Hbond substituents is 1.